The molecule has 1 aliphatic carbocycles. The van der Waals surface area contributed by atoms with Gasteiger partial charge in [0, 0.05) is 11.1 Å². The lowest BCUT2D eigenvalue weighted by atomic mass is 9.90. The van der Waals surface area contributed by atoms with Crippen LogP contribution in [0.2, 0.25) is 0 Å². The van der Waals surface area contributed by atoms with Crippen LogP contribution in [0, 0.1) is 0 Å². The second kappa shape index (κ2) is 5.65. The van der Waals surface area contributed by atoms with E-state index in [1.54, 1.807) is 0 Å². The summed E-state index contributed by atoms with van der Waals surface area (Å²) in [6.07, 6.45) is 2.00. The van der Waals surface area contributed by atoms with Gasteiger partial charge < -0.3 is 11.5 Å². The Morgan fingerprint density at radius 3 is 1.42 bits per heavy atom. The summed E-state index contributed by atoms with van der Waals surface area (Å²) in [6, 6.07) is 16.5. The van der Waals surface area contributed by atoms with E-state index in [4.69, 9.17) is 11.5 Å². The summed E-state index contributed by atoms with van der Waals surface area (Å²) in [7, 11) is 0. The average Bonchev–Trinajstić information content (AvgIpc) is 2.43. The first-order chi connectivity index (χ1) is 8.77. The molecule has 3 rings (SSSR count). The van der Waals surface area contributed by atoms with E-state index in [1.165, 1.54) is 11.1 Å². The first-order valence-electron chi connectivity index (χ1n) is 6.19. The van der Waals surface area contributed by atoms with Gasteiger partial charge in [0.25, 0.3) is 0 Å². The lowest BCUT2D eigenvalue weighted by Gasteiger charge is -2.18. The fourth-order valence-corrected chi connectivity index (χ4v) is 2.56. The molecule has 4 N–H and O–H groups in total. The number of rotatable bonds is 0. The zero-order chi connectivity index (χ0) is 12.5. The summed E-state index contributed by atoms with van der Waals surface area (Å²) in [5, 5.41) is 0. The third-order valence-corrected chi connectivity index (χ3v) is 3.57. The quantitative estimate of drug-likeness (QED) is 0.706. The van der Waals surface area contributed by atoms with Crippen LogP contribution in [0.15, 0.2) is 48.5 Å². The Hall–Kier alpha value is -1.49. The number of halogens is 1. The molecular weight excluding hydrogens is 347 g/mol. The van der Waals surface area contributed by atoms with E-state index >= 15 is 0 Å². The highest BCUT2D eigenvalue weighted by Crippen LogP contribution is 2.28. The predicted octanol–water partition coefficient (Wildman–Crippen LogP) is 3.15. The molecule has 2 aromatic rings. The molecule has 0 aliphatic heterocycles. The Balaban J connectivity index is 0.00000133. The van der Waals surface area contributed by atoms with Gasteiger partial charge in [-0.3, -0.25) is 0 Å². The Morgan fingerprint density at radius 2 is 1.00 bits per heavy atom. The van der Waals surface area contributed by atoms with Crippen LogP contribution in [0.4, 0.5) is 0 Å². The fourth-order valence-electron chi connectivity index (χ4n) is 2.56. The van der Waals surface area contributed by atoms with Gasteiger partial charge in [-0.15, -0.1) is 24.0 Å². The number of aryl methyl sites for hydroxylation is 2. The molecule has 0 amide bonds. The molecule has 98 valence electrons. The number of fused-ring (bicyclic) bond motifs is 2. The van der Waals surface area contributed by atoms with E-state index in [-0.39, 0.29) is 24.0 Å². The van der Waals surface area contributed by atoms with E-state index in [0.29, 0.717) is 11.4 Å². The summed E-state index contributed by atoms with van der Waals surface area (Å²) in [4.78, 5) is 0. The average molecular weight is 364 g/mol. The first-order valence-corrected chi connectivity index (χ1v) is 6.19. The van der Waals surface area contributed by atoms with E-state index in [2.05, 4.69) is 24.3 Å². The van der Waals surface area contributed by atoms with Crippen molar-refractivity contribution in [3.8, 4) is 0 Å². The van der Waals surface area contributed by atoms with Gasteiger partial charge in [0.1, 0.15) is 0 Å². The zero-order valence-electron chi connectivity index (χ0n) is 10.6. The van der Waals surface area contributed by atoms with E-state index < -0.39 is 0 Å². The van der Waals surface area contributed by atoms with Gasteiger partial charge in [0.2, 0.25) is 0 Å². The van der Waals surface area contributed by atoms with E-state index in [0.717, 1.165) is 24.0 Å². The molecule has 0 unspecified atom stereocenters. The van der Waals surface area contributed by atoms with Gasteiger partial charge in [-0.05, 0) is 24.0 Å². The lowest BCUT2D eigenvalue weighted by molar-refractivity contribution is 0.946. The molecule has 0 radical (unpaired) electrons. The Kier molecular flexibility index (Phi) is 4.14. The Bertz CT molecular complexity index is 577. The van der Waals surface area contributed by atoms with Crippen molar-refractivity contribution in [2.75, 3.05) is 0 Å². The van der Waals surface area contributed by atoms with Crippen LogP contribution in [0.5, 0.6) is 0 Å². The molecule has 0 fully saturated rings. The monoisotopic (exact) mass is 364 g/mol. The molecule has 2 aromatic carbocycles. The third-order valence-electron chi connectivity index (χ3n) is 3.57. The topological polar surface area (TPSA) is 52.0 Å². The standard InChI is InChI=1S/C16H16N2.HI/c17-15-13-7-3-1-5-11(13)9-10-12-6-2-4-8-14(12)16(15)18;/h1-8H,9-10,17-18H2;1H/b16-15-;. The molecule has 0 saturated carbocycles. The summed E-state index contributed by atoms with van der Waals surface area (Å²) < 4.78 is 0. The van der Waals surface area contributed by atoms with E-state index in [1.807, 2.05) is 24.3 Å². The van der Waals surface area contributed by atoms with E-state index in [9.17, 15) is 0 Å². The molecule has 0 atom stereocenters. The van der Waals surface area contributed by atoms with Crippen molar-refractivity contribution in [1.82, 2.24) is 0 Å². The summed E-state index contributed by atoms with van der Waals surface area (Å²) in [5.74, 6) is 0. The van der Waals surface area contributed by atoms with Crippen LogP contribution in [0.3, 0.4) is 0 Å². The number of hydrogen-bond acceptors (Lipinski definition) is 2. The number of benzene rings is 2. The minimum absolute atomic E-state index is 0. The fraction of sp³-hybridized carbons (Fsp3) is 0.125. The van der Waals surface area contributed by atoms with Crippen LogP contribution < -0.4 is 11.5 Å². The SMILES string of the molecule is I.N/C1=C(\N)c2ccccc2CCc2ccccc21. The highest BCUT2D eigenvalue weighted by Gasteiger charge is 2.15. The maximum Gasteiger partial charge on any atom is 0.0630 e. The van der Waals surface area contributed by atoms with Crippen LogP contribution in [0.25, 0.3) is 11.4 Å². The summed E-state index contributed by atoms with van der Waals surface area (Å²) in [6.45, 7) is 0. The maximum atomic E-state index is 6.23. The lowest BCUT2D eigenvalue weighted by Crippen LogP contribution is -2.14. The molecule has 0 spiro atoms. The second-order valence-corrected chi connectivity index (χ2v) is 4.64. The van der Waals surface area contributed by atoms with Crippen LogP contribution in [-0.4, -0.2) is 0 Å². The Labute approximate surface area is 130 Å². The molecule has 19 heavy (non-hydrogen) atoms. The van der Waals surface area contributed by atoms with Crippen molar-refractivity contribution in [2.24, 2.45) is 11.5 Å². The van der Waals surface area contributed by atoms with Crippen molar-refractivity contribution in [3.63, 3.8) is 0 Å². The van der Waals surface area contributed by atoms with Crippen LogP contribution in [0.1, 0.15) is 22.3 Å². The molecule has 3 heteroatoms. The van der Waals surface area contributed by atoms with Gasteiger partial charge in [-0.2, -0.15) is 0 Å². The van der Waals surface area contributed by atoms with Gasteiger partial charge in [0.15, 0.2) is 0 Å². The minimum Gasteiger partial charge on any atom is -0.397 e. The molecule has 0 saturated heterocycles. The smallest absolute Gasteiger partial charge is 0.0630 e. The van der Waals surface area contributed by atoms with Crippen molar-refractivity contribution in [1.29, 1.82) is 0 Å². The molecule has 2 nitrogen and oxygen atoms in total. The zero-order valence-corrected chi connectivity index (χ0v) is 12.9. The van der Waals surface area contributed by atoms with Crippen molar-refractivity contribution < 1.29 is 0 Å². The molecular formula is C16H17IN2. The summed E-state index contributed by atoms with van der Waals surface area (Å²) in [5.41, 5.74) is 18.5. The van der Waals surface area contributed by atoms with Gasteiger partial charge in [-0.25, -0.2) is 0 Å². The largest absolute Gasteiger partial charge is 0.397 e. The second-order valence-electron chi connectivity index (χ2n) is 4.64. The van der Waals surface area contributed by atoms with Gasteiger partial charge in [0.05, 0.1) is 11.4 Å². The van der Waals surface area contributed by atoms with Crippen LogP contribution in [-0.2, 0) is 12.8 Å². The maximum absolute atomic E-state index is 6.23. The molecule has 0 bridgehead atoms. The predicted molar refractivity (Wildman–Crippen MR) is 90.9 cm³/mol. The molecule has 0 heterocycles. The van der Waals surface area contributed by atoms with Crippen molar-refractivity contribution >= 4 is 35.4 Å². The highest BCUT2D eigenvalue weighted by atomic mass is 127. The van der Waals surface area contributed by atoms with Crippen molar-refractivity contribution in [2.45, 2.75) is 12.8 Å². The molecule has 1 aliphatic rings. The highest BCUT2D eigenvalue weighted by molar-refractivity contribution is 14.0. The number of hydrogen-bond donors (Lipinski definition) is 2. The Morgan fingerprint density at radius 1 is 0.632 bits per heavy atom. The molecule has 0 aromatic heterocycles. The van der Waals surface area contributed by atoms with Crippen LogP contribution >= 0.6 is 24.0 Å². The third kappa shape index (κ3) is 2.47. The van der Waals surface area contributed by atoms with Crippen molar-refractivity contribution in [3.05, 3.63) is 70.8 Å². The minimum atomic E-state index is 0. The van der Waals surface area contributed by atoms with Gasteiger partial charge >= 0.3 is 0 Å². The summed E-state index contributed by atoms with van der Waals surface area (Å²) >= 11 is 0. The first kappa shape index (κ1) is 13.9. The normalized spacial score (nSPS) is 17.5. The number of nitrogens with two attached hydrogens (primary N) is 2. The van der Waals surface area contributed by atoms with Gasteiger partial charge in [-0.1, -0.05) is 48.5 Å².